The Bertz CT molecular complexity index is 849. The lowest BCUT2D eigenvalue weighted by atomic mass is 10.1. The molecular weight excluding hydrogens is 266 g/mol. The van der Waals surface area contributed by atoms with Gasteiger partial charge < -0.3 is 4.98 Å². The monoisotopic (exact) mass is 291 g/mol. The lowest BCUT2D eigenvalue weighted by molar-refractivity contribution is 1.09. The van der Waals surface area contributed by atoms with Gasteiger partial charge in [0.05, 0.1) is 0 Å². The SMILES string of the molecule is CC.CCC.c1ccc2cc3c(cc2c1)[nH]c1ccccc13. The van der Waals surface area contributed by atoms with Crippen molar-refractivity contribution in [1.82, 2.24) is 4.98 Å². The van der Waals surface area contributed by atoms with Gasteiger partial charge in [0.1, 0.15) is 0 Å². The van der Waals surface area contributed by atoms with E-state index in [0.29, 0.717) is 0 Å². The molecule has 0 aliphatic heterocycles. The Kier molecular flexibility index (Phi) is 5.60. The van der Waals surface area contributed by atoms with Gasteiger partial charge in [0.15, 0.2) is 0 Å². The molecule has 0 atom stereocenters. The summed E-state index contributed by atoms with van der Waals surface area (Å²) >= 11 is 0. The van der Waals surface area contributed by atoms with Crippen molar-refractivity contribution in [3.8, 4) is 0 Å². The minimum Gasteiger partial charge on any atom is -0.354 e. The smallest absolute Gasteiger partial charge is 0.0471 e. The summed E-state index contributed by atoms with van der Waals surface area (Å²) in [5.41, 5.74) is 2.42. The minimum atomic E-state index is 1.21. The van der Waals surface area contributed by atoms with Crippen molar-refractivity contribution in [3.63, 3.8) is 0 Å². The zero-order chi connectivity index (χ0) is 15.9. The molecule has 0 radical (unpaired) electrons. The van der Waals surface area contributed by atoms with Crippen molar-refractivity contribution in [3.05, 3.63) is 60.7 Å². The molecule has 1 heteroatoms. The first-order valence-corrected chi connectivity index (χ1v) is 8.22. The molecule has 1 heterocycles. The molecule has 4 aromatic rings. The molecule has 1 N–H and O–H groups in total. The molecule has 1 nitrogen and oxygen atoms in total. The van der Waals surface area contributed by atoms with Crippen molar-refractivity contribution in [1.29, 1.82) is 0 Å². The predicted molar refractivity (Wildman–Crippen MR) is 101 cm³/mol. The molecular formula is C21H25N. The van der Waals surface area contributed by atoms with E-state index in [4.69, 9.17) is 0 Å². The average molecular weight is 291 g/mol. The molecule has 4 rings (SSSR count). The topological polar surface area (TPSA) is 15.8 Å². The Hall–Kier alpha value is -2.28. The summed E-state index contributed by atoms with van der Waals surface area (Å²) in [5.74, 6) is 0. The fourth-order valence-corrected chi connectivity index (χ4v) is 2.54. The minimum absolute atomic E-state index is 1.21. The molecule has 0 amide bonds. The van der Waals surface area contributed by atoms with Crippen LogP contribution in [0.25, 0.3) is 32.6 Å². The molecule has 0 aliphatic rings. The van der Waals surface area contributed by atoms with Crippen LogP contribution in [-0.4, -0.2) is 4.98 Å². The van der Waals surface area contributed by atoms with Gasteiger partial charge in [-0.25, -0.2) is 0 Å². The van der Waals surface area contributed by atoms with Gasteiger partial charge >= 0.3 is 0 Å². The van der Waals surface area contributed by atoms with Crippen LogP contribution in [0.2, 0.25) is 0 Å². The number of H-pyrrole nitrogens is 1. The number of fused-ring (bicyclic) bond motifs is 4. The van der Waals surface area contributed by atoms with Crippen LogP contribution in [0.4, 0.5) is 0 Å². The van der Waals surface area contributed by atoms with Gasteiger partial charge in [-0.2, -0.15) is 0 Å². The quantitative estimate of drug-likeness (QED) is 0.362. The van der Waals surface area contributed by atoms with E-state index in [1.54, 1.807) is 0 Å². The van der Waals surface area contributed by atoms with Crippen LogP contribution in [0.1, 0.15) is 34.1 Å². The van der Waals surface area contributed by atoms with Gasteiger partial charge in [-0.1, -0.05) is 76.6 Å². The first-order chi connectivity index (χ1) is 10.8. The summed E-state index contributed by atoms with van der Waals surface area (Å²) in [5, 5.41) is 5.18. The number of benzene rings is 3. The summed E-state index contributed by atoms with van der Waals surface area (Å²) in [6, 6.07) is 21.4. The van der Waals surface area contributed by atoms with Crippen LogP contribution in [0, 0.1) is 0 Å². The van der Waals surface area contributed by atoms with Crippen LogP contribution < -0.4 is 0 Å². The molecule has 0 spiro atoms. The highest BCUT2D eigenvalue weighted by molar-refractivity contribution is 6.11. The number of hydrogen-bond acceptors (Lipinski definition) is 0. The third-order valence-corrected chi connectivity index (χ3v) is 3.37. The van der Waals surface area contributed by atoms with Gasteiger partial charge in [0, 0.05) is 21.8 Å². The molecule has 0 unspecified atom stereocenters. The van der Waals surface area contributed by atoms with E-state index < -0.39 is 0 Å². The van der Waals surface area contributed by atoms with Gasteiger partial charge in [0.25, 0.3) is 0 Å². The summed E-state index contributed by atoms with van der Waals surface area (Å²) in [6.45, 7) is 8.25. The zero-order valence-corrected chi connectivity index (χ0v) is 14.0. The highest BCUT2D eigenvalue weighted by atomic mass is 14.7. The van der Waals surface area contributed by atoms with Gasteiger partial charge in [0.2, 0.25) is 0 Å². The van der Waals surface area contributed by atoms with Crippen LogP contribution in [0.3, 0.4) is 0 Å². The molecule has 0 bridgehead atoms. The maximum Gasteiger partial charge on any atom is 0.0471 e. The highest BCUT2D eigenvalue weighted by Gasteiger charge is 2.04. The number of para-hydroxylation sites is 1. The molecule has 22 heavy (non-hydrogen) atoms. The highest BCUT2D eigenvalue weighted by Crippen LogP contribution is 2.28. The molecule has 0 saturated heterocycles. The molecule has 1 aromatic heterocycles. The molecule has 0 saturated carbocycles. The number of aromatic amines is 1. The third-order valence-electron chi connectivity index (χ3n) is 3.37. The normalized spacial score (nSPS) is 10.0. The van der Waals surface area contributed by atoms with Crippen molar-refractivity contribution in [2.45, 2.75) is 34.1 Å². The largest absolute Gasteiger partial charge is 0.354 e. The van der Waals surface area contributed by atoms with Crippen molar-refractivity contribution in [2.75, 3.05) is 0 Å². The summed E-state index contributed by atoms with van der Waals surface area (Å²) in [4.78, 5) is 3.47. The Morgan fingerprint density at radius 2 is 1.23 bits per heavy atom. The van der Waals surface area contributed by atoms with Gasteiger partial charge in [-0.05, 0) is 29.0 Å². The number of rotatable bonds is 0. The third kappa shape index (κ3) is 3.14. The van der Waals surface area contributed by atoms with E-state index in [1.165, 1.54) is 39.0 Å². The fraction of sp³-hybridized carbons (Fsp3) is 0.238. The molecule has 0 aliphatic carbocycles. The first kappa shape index (κ1) is 16.1. The van der Waals surface area contributed by atoms with E-state index >= 15 is 0 Å². The standard InChI is InChI=1S/C16H11N.C3H8.C2H6/c1-2-6-12-10-16-14(9-11(12)5-1)13-7-3-4-8-15(13)17-16;1-3-2;1-2/h1-10,17H;3H2,1-2H3;1-2H3. The van der Waals surface area contributed by atoms with Crippen molar-refractivity contribution in [2.24, 2.45) is 0 Å². The molecule has 114 valence electrons. The van der Waals surface area contributed by atoms with Crippen LogP contribution in [0.5, 0.6) is 0 Å². The molecule has 0 fully saturated rings. The van der Waals surface area contributed by atoms with E-state index in [9.17, 15) is 0 Å². The molecule has 3 aromatic carbocycles. The van der Waals surface area contributed by atoms with E-state index in [1.807, 2.05) is 13.8 Å². The van der Waals surface area contributed by atoms with Crippen molar-refractivity contribution < 1.29 is 0 Å². The number of hydrogen-bond donors (Lipinski definition) is 1. The summed E-state index contributed by atoms with van der Waals surface area (Å²) in [6.07, 6.45) is 1.25. The first-order valence-electron chi connectivity index (χ1n) is 8.22. The fourth-order valence-electron chi connectivity index (χ4n) is 2.54. The lowest BCUT2D eigenvalue weighted by Gasteiger charge is -1.97. The Morgan fingerprint density at radius 1 is 0.682 bits per heavy atom. The van der Waals surface area contributed by atoms with Crippen LogP contribution in [-0.2, 0) is 0 Å². The predicted octanol–water partition coefficient (Wildman–Crippen LogP) is 6.92. The lowest BCUT2D eigenvalue weighted by Crippen LogP contribution is -1.72. The Labute approximate surface area is 133 Å². The van der Waals surface area contributed by atoms with E-state index in [2.05, 4.69) is 79.5 Å². The second kappa shape index (κ2) is 7.65. The Balaban J connectivity index is 0.000000319. The average Bonchev–Trinajstić information content (AvgIpc) is 2.93. The van der Waals surface area contributed by atoms with Crippen LogP contribution in [0.15, 0.2) is 60.7 Å². The number of aromatic nitrogens is 1. The zero-order valence-electron chi connectivity index (χ0n) is 14.0. The summed E-state index contributed by atoms with van der Waals surface area (Å²) in [7, 11) is 0. The maximum atomic E-state index is 3.47. The Morgan fingerprint density at radius 3 is 1.91 bits per heavy atom. The second-order valence-corrected chi connectivity index (χ2v) is 5.12. The van der Waals surface area contributed by atoms with E-state index in [0.717, 1.165) is 0 Å². The van der Waals surface area contributed by atoms with Crippen LogP contribution >= 0.6 is 0 Å². The van der Waals surface area contributed by atoms with Gasteiger partial charge in [-0.15, -0.1) is 0 Å². The number of nitrogens with one attached hydrogen (secondary N) is 1. The second-order valence-electron chi connectivity index (χ2n) is 5.12. The van der Waals surface area contributed by atoms with E-state index in [-0.39, 0.29) is 0 Å². The summed E-state index contributed by atoms with van der Waals surface area (Å²) < 4.78 is 0. The van der Waals surface area contributed by atoms with Gasteiger partial charge in [-0.3, -0.25) is 0 Å². The maximum absolute atomic E-state index is 3.47. The van der Waals surface area contributed by atoms with Crippen molar-refractivity contribution >= 4 is 32.6 Å².